The van der Waals surface area contributed by atoms with Gasteiger partial charge in [0.15, 0.2) is 0 Å². The predicted molar refractivity (Wildman–Crippen MR) is 168 cm³/mol. The van der Waals surface area contributed by atoms with Crippen molar-refractivity contribution in [2.75, 3.05) is 0 Å². The summed E-state index contributed by atoms with van der Waals surface area (Å²) in [4.78, 5) is 46.2. The molecule has 8 heteroatoms. The molecule has 2 aromatic carbocycles. The lowest BCUT2D eigenvalue weighted by molar-refractivity contribution is -0.127. The molecule has 0 saturated heterocycles. The number of rotatable bonds is 9. The van der Waals surface area contributed by atoms with Crippen LogP contribution in [0.5, 0.6) is 0 Å². The first-order valence-electron chi connectivity index (χ1n) is 14.7. The molecular weight excluding hydrogens is 542 g/mol. The monoisotopic (exact) mass is 581 g/mol. The van der Waals surface area contributed by atoms with Crippen molar-refractivity contribution in [3.63, 3.8) is 0 Å². The van der Waals surface area contributed by atoms with Crippen LogP contribution in [0.1, 0.15) is 79.6 Å². The van der Waals surface area contributed by atoms with Gasteiger partial charge in [0.1, 0.15) is 12.1 Å². The van der Waals surface area contributed by atoms with Crippen molar-refractivity contribution in [3.05, 3.63) is 94.1 Å². The first kappa shape index (κ1) is 31.5. The summed E-state index contributed by atoms with van der Waals surface area (Å²) in [7, 11) is 0. The minimum absolute atomic E-state index is 0. The highest BCUT2D eigenvalue weighted by molar-refractivity contribution is 6.07. The van der Waals surface area contributed by atoms with Crippen molar-refractivity contribution in [1.29, 1.82) is 0 Å². The van der Waals surface area contributed by atoms with Crippen LogP contribution in [0.4, 0.5) is 0 Å². The van der Waals surface area contributed by atoms with E-state index < -0.39 is 11.9 Å². The highest BCUT2D eigenvalue weighted by atomic mass is 16.4. The molecule has 2 aliphatic carbocycles. The first-order chi connectivity index (χ1) is 20.3. The molecule has 0 aliphatic heterocycles. The van der Waals surface area contributed by atoms with Crippen LogP contribution in [0.3, 0.4) is 0 Å². The zero-order chi connectivity index (χ0) is 29.8. The molecule has 1 heterocycles. The van der Waals surface area contributed by atoms with Gasteiger partial charge in [0, 0.05) is 25.3 Å². The van der Waals surface area contributed by atoms with E-state index in [-0.39, 0.29) is 22.9 Å². The summed E-state index contributed by atoms with van der Waals surface area (Å²) in [5.74, 6) is -0.912. The number of aromatic nitrogens is 2. The SMILES string of the molecule is CCCCc1nc2c(n1Cc1ccc(-c3ccccc3C(=O)O)cc1)CC(=NC(=O)C1CC(C)=C(C)CC1C=O)C=C2.O. The van der Waals surface area contributed by atoms with Gasteiger partial charge in [-0.1, -0.05) is 67.0 Å². The quantitative estimate of drug-likeness (QED) is 0.248. The highest BCUT2D eigenvalue weighted by Gasteiger charge is 2.33. The number of nitrogens with zero attached hydrogens (tertiary/aromatic N) is 3. The lowest BCUT2D eigenvalue weighted by Crippen LogP contribution is -2.29. The van der Waals surface area contributed by atoms with Gasteiger partial charge >= 0.3 is 5.97 Å². The highest BCUT2D eigenvalue weighted by Crippen LogP contribution is 2.34. The zero-order valence-corrected chi connectivity index (χ0v) is 25.0. The van der Waals surface area contributed by atoms with E-state index in [2.05, 4.69) is 16.5 Å². The molecule has 3 aromatic rings. The van der Waals surface area contributed by atoms with Crippen LogP contribution in [0.2, 0.25) is 0 Å². The lowest BCUT2D eigenvalue weighted by Gasteiger charge is -2.27. The molecule has 2 atom stereocenters. The molecule has 5 rings (SSSR count). The molecule has 0 bridgehead atoms. The van der Waals surface area contributed by atoms with Gasteiger partial charge in [-0.25, -0.2) is 14.8 Å². The number of carbonyl (C=O) groups excluding carboxylic acids is 2. The molecule has 43 heavy (non-hydrogen) atoms. The van der Waals surface area contributed by atoms with Crippen LogP contribution < -0.4 is 0 Å². The van der Waals surface area contributed by atoms with Gasteiger partial charge in [0.25, 0.3) is 0 Å². The number of aryl methyl sites for hydroxylation is 1. The maximum atomic E-state index is 13.3. The Labute approximate surface area is 252 Å². The van der Waals surface area contributed by atoms with Crippen molar-refractivity contribution in [3.8, 4) is 11.1 Å². The second-order valence-electron chi connectivity index (χ2n) is 11.4. The number of hydrogen-bond donors (Lipinski definition) is 1. The number of aldehydes is 1. The summed E-state index contributed by atoms with van der Waals surface area (Å²) < 4.78 is 2.24. The smallest absolute Gasteiger partial charge is 0.336 e. The Morgan fingerprint density at radius 2 is 1.77 bits per heavy atom. The van der Waals surface area contributed by atoms with Gasteiger partial charge in [0.2, 0.25) is 5.91 Å². The molecule has 1 aromatic heterocycles. The lowest BCUT2D eigenvalue weighted by atomic mass is 9.77. The largest absolute Gasteiger partial charge is 0.478 e. The number of aromatic carboxylic acids is 1. The number of benzene rings is 2. The van der Waals surface area contributed by atoms with E-state index in [1.165, 1.54) is 11.1 Å². The van der Waals surface area contributed by atoms with E-state index in [0.717, 1.165) is 53.9 Å². The number of hydrogen-bond acceptors (Lipinski definition) is 4. The molecule has 0 fully saturated rings. The number of amides is 1. The van der Waals surface area contributed by atoms with Gasteiger partial charge in [-0.2, -0.15) is 0 Å². The van der Waals surface area contributed by atoms with Crippen LogP contribution >= 0.6 is 0 Å². The van der Waals surface area contributed by atoms with E-state index in [0.29, 0.717) is 37.1 Å². The number of carbonyl (C=O) groups is 3. The molecular formula is C35H39N3O5. The summed E-state index contributed by atoms with van der Waals surface area (Å²) in [6.07, 6.45) is 9.33. The molecule has 3 N–H and O–H groups in total. The topological polar surface area (TPSA) is 133 Å². The summed E-state index contributed by atoms with van der Waals surface area (Å²) >= 11 is 0. The van der Waals surface area contributed by atoms with Crippen molar-refractivity contribution in [2.45, 2.75) is 65.8 Å². The Morgan fingerprint density at radius 1 is 1.05 bits per heavy atom. The first-order valence-corrected chi connectivity index (χ1v) is 14.7. The van der Waals surface area contributed by atoms with Gasteiger partial charge in [0.05, 0.1) is 28.6 Å². The number of allylic oxidation sites excluding steroid dienone is 3. The summed E-state index contributed by atoms with van der Waals surface area (Å²) in [5.41, 5.74) is 7.85. The molecule has 0 spiro atoms. The Hall–Kier alpha value is -4.43. The number of aliphatic imine (C=N–C) groups is 1. The number of fused-ring (bicyclic) bond motifs is 1. The predicted octanol–water partition coefficient (Wildman–Crippen LogP) is 5.91. The fourth-order valence-corrected chi connectivity index (χ4v) is 5.93. The molecule has 2 unspecified atom stereocenters. The Morgan fingerprint density at radius 3 is 2.47 bits per heavy atom. The van der Waals surface area contributed by atoms with Crippen molar-refractivity contribution < 1.29 is 25.0 Å². The minimum Gasteiger partial charge on any atom is -0.478 e. The van der Waals surface area contributed by atoms with Crippen molar-refractivity contribution >= 4 is 30.0 Å². The standard InChI is InChI=1S/C35H37N3O4.H2O/c1-4-5-10-33-37-31-16-15-27(36-34(40)30-18-23(3)22(2)17-26(30)21-39)19-32(31)38(33)20-24-11-13-25(14-12-24)28-8-6-7-9-29(28)35(41)42;/h6-9,11-16,21,26,30H,4-5,10,17-20H2,1-3H3,(H,41,42);1H2. The van der Waals surface area contributed by atoms with Crippen molar-refractivity contribution in [1.82, 2.24) is 9.55 Å². The van der Waals surface area contributed by atoms with Crippen LogP contribution in [0.15, 0.2) is 70.7 Å². The molecule has 8 nitrogen and oxygen atoms in total. The average molecular weight is 582 g/mol. The van der Waals surface area contributed by atoms with Crippen LogP contribution in [-0.2, 0) is 29.0 Å². The van der Waals surface area contributed by atoms with E-state index in [4.69, 9.17) is 4.98 Å². The van der Waals surface area contributed by atoms with Gasteiger partial charge in [-0.05, 0) is 68.0 Å². The van der Waals surface area contributed by atoms with Crippen LogP contribution in [0.25, 0.3) is 17.2 Å². The average Bonchev–Trinajstić information content (AvgIpc) is 3.33. The normalized spacial score (nSPS) is 18.7. The second kappa shape index (κ2) is 13.7. The summed E-state index contributed by atoms with van der Waals surface area (Å²) in [6, 6.07) is 15.0. The minimum atomic E-state index is -0.948. The van der Waals surface area contributed by atoms with Gasteiger partial charge < -0.3 is 19.9 Å². The maximum Gasteiger partial charge on any atom is 0.336 e. The number of carboxylic acids is 1. The second-order valence-corrected chi connectivity index (χ2v) is 11.4. The molecule has 0 saturated carbocycles. The van der Waals surface area contributed by atoms with Crippen LogP contribution in [0, 0.1) is 11.8 Å². The Kier molecular flexibility index (Phi) is 10.0. The van der Waals surface area contributed by atoms with E-state index in [9.17, 15) is 19.5 Å². The molecule has 0 radical (unpaired) electrons. The van der Waals surface area contributed by atoms with Gasteiger partial charge in [-0.15, -0.1) is 0 Å². The van der Waals surface area contributed by atoms with E-state index in [1.54, 1.807) is 12.1 Å². The summed E-state index contributed by atoms with van der Waals surface area (Å²) in [6.45, 7) is 6.83. The zero-order valence-electron chi connectivity index (χ0n) is 25.0. The maximum absolute atomic E-state index is 13.3. The molecule has 224 valence electrons. The van der Waals surface area contributed by atoms with Gasteiger partial charge in [-0.3, -0.25) is 4.79 Å². The van der Waals surface area contributed by atoms with E-state index >= 15 is 0 Å². The third kappa shape index (κ3) is 6.81. The Bertz CT molecular complexity index is 1610. The number of carboxylic acid groups (broad SMARTS) is 1. The number of imidazole rings is 1. The third-order valence-electron chi connectivity index (χ3n) is 8.54. The Balaban J connectivity index is 0.00000423. The summed E-state index contributed by atoms with van der Waals surface area (Å²) in [5, 5.41) is 9.60. The molecule has 2 aliphatic rings. The van der Waals surface area contributed by atoms with Crippen molar-refractivity contribution in [2.24, 2.45) is 16.8 Å². The molecule has 1 amide bonds. The third-order valence-corrected chi connectivity index (χ3v) is 8.54. The van der Waals surface area contributed by atoms with Crippen LogP contribution in [-0.4, -0.2) is 44.0 Å². The van der Waals surface area contributed by atoms with E-state index in [1.807, 2.05) is 62.4 Å². The fourth-order valence-electron chi connectivity index (χ4n) is 5.93. The number of unbranched alkanes of at least 4 members (excludes halogenated alkanes) is 1. The fraction of sp³-hybridized carbons (Fsp3) is 0.343.